The van der Waals surface area contributed by atoms with Gasteiger partial charge >= 0.3 is 21.1 Å². The van der Waals surface area contributed by atoms with E-state index >= 15 is 0 Å². The zero-order chi connectivity index (χ0) is 46.3. The van der Waals surface area contributed by atoms with Gasteiger partial charge in [-0.05, 0) is 74.4 Å². The summed E-state index contributed by atoms with van der Waals surface area (Å²) in [6.45, 7) is 19.3. The molecule has 4 unspecified atom stereocenters. The van der Waals surface area contributed by atoms with Crippen LogP contribution in [-0.2, 0) is 86.4 Å². The SMILES string of the molecule is CCCCCOP([O-])(=S)SCCCCC.CCCCCOP([O-])(=S)SCCCCC.CCCCCOP([O-])(=S)SCCCCC.CCCCCOP([O-])(=S)SCCCCC.[Mo+4]. The minimum atomic E-state index is -2.77. The van der Waals surface area contributed by atoms with Gasteiger partial charge in [0.25, 0.3) is 0 Å². The Morgan fingerprint density at radius 3 is 0.590 bits per heavy atom. The van der Waals surface area contributed by atoms with Crippen LogP contribution in [0.4, 0.5) is 0 Å². The molecule has 4 atom stereocenters. The molecule has 0 radical (unpaired) electrons. The Morgan fingerprint density at radius 1 is 0.295 bits per heavy atom. The zero-order valence-electron chi connectivity index (χ0n) is 39.4. The molecular weight excluding hydrogens is 1080 g/mol. The summed E-state index contributed by atoms with van der Waals surface area (Å²) in [6.07, 6.45) is 26.7. The van der Waals surface area contributed by atoms with E-state index in [2.05, 4.69) is 55.4 Å². The number of hydrogen-bond donors (Lipinski definition) is 0. The summed E-state index contributed by atoms with van der Waals surface area (Å²) < 4.78 is 21.0. The summed E-state index contributed by atoms with van der Waals surface area (Å²) in [4.78, 5) is 46.8. The summed E-state index contributed by atoms with van der Waals surface area (Å²) >= 11 is 25.1. The molecule has 8 nitrogen and oxygen atoms in total. The molecular formula is C40H88MoO8P4S8. The third-order valence-corrected chi connectivity index (χ3v) is 25.4. The first-order valence-corrected chi connectivity index (χ1v) is 39.8. The number of hydrogen-bond acceptors (Lipinski definition) is 16. The molecule has 0 saturated carbocycles. The van der Waals surface area contributed by atoms with Crippen molar-refractivity contribution < 1.29 is 58.7 Å². The van der Waals surface area contributed by atoms with Crippen LogP contribution in [0.3, 0.4) is 0 Å². The summed E-state index contributed by atoms with van der Waals surface area (Å²) in [7, 11) is 0. The van der Waals surface area contributed by atoms with Gasteiger partial charge in [-0.15, -0.1) is 45.5 Å². The second-order valence-corrected chi connectivity index (χ2v) is 38.8. The fraction of sp³-hybridized carbons (Fsp3) is 1.00. The molecule has 0 heterocycles. The molecule has 0 aliphatic carbocycles. The van der Waals surface area contributed by atoms with Crippen molar-refractivity contribution in [3.8, 4) is 0 Å². The molecule has 0 aromatic carbocycles. The molecule has 0 aliphatic rings. The van der Waals surface area contributed by atoms with Crippen molar-refractivity contribution in [2.24, 2.45) is 0 Å². The van der Waals surface area contributed by atoms with Crippen molar-refractivity contribution in [1.82, 2.24) is 0 Å². The number of unbranched alkanes of at least 4 members (excludes halogenated alkanes) is 16. The first-order chi connectivity index (χ1) is 28.5. The van der Waals surface area contributed by atoms with Gasteiger partial charge in [-0.2, -0.15) is 0 Å². The maximum atomic E-state index is 11.7. The van der Waals surface area contributed by atoms with E-state index < -0.39 is 22.8 Å². The van der Waals surface area contributed by atoms with Crippen LogP contribution in [0.1, 0.15) is 209 Å². The van der Waals surface area contributed by atoms with Crippen molar-refractivity contribution in [3.63, 3.8) is 0 Å². The quantitative estimate of drug-likeness (QED) is 0.0327. The van der Waals surface area contributed by atoms with Crippen LogP contribution in [0.15, 0.2) is 0 Å². The van der Waals surface area contributed by atoms with Gasteiger partial charge in [-0.1, -0.05) is 205 Å². The Morgan fingerprint density at radius 2 is 0.443 bits per heavy atom. The maximum Gasteiger partial charge on any atom is 4.00 e. The standard InChI is InChI=1S/4C10H23O2PS2.Mo/c4*1-3-5-7-9-12-13(11,14)15-10-8-6-4-2;/h4*3-10H2,1-2H3,(H,11,14);/q;;;;+4/p-4. The van der Waals surface area contributed by atoms with Crippen molar-refractivity contribution in [3.05, 3.63) is 0 Å². The maximum absolute atomic E-state index is 11.7. The monoisotopic (exact) mass is 1170 g/mol. The van der Waals surface area contributed by atoms with Crippen LogP contribution in [0.2, 0.25) is 0 Å². The molecule has 0 aliphatic heterocycles. The van der Waals surface area contributed by atoms with Crippen LogP contribution in [-0.4, -0.2) is 49.4 Å². The normalized spacial score (nSPS) is 14.9. The molecule has 0 fully saturated rings. The summed E-state index contributed by atoms with van der Waals surface area (Å²) in [5.74, 6) is 3.45. The molecule has 0 rings (SSSR count). The van der Waals surface area contributed by atoms with Gasteiger partial charge in [0.05, 0.1) is 26.4 Å². The minimum Gasteiger partial charge on any atom is -0.793 e. The van der Waals surface area contributed by atoms with Gasteiger partial charge in [-0.25, -0.2) is 0 Å². The molecule has 0 aromatic rings. The van der Waals surface area contributed by atoms with Crippen LogP contribution >= 0.6 is 68.3 Å². The van der Waals surface area contributed by atoms with Gasteiger partial charge in [-0.3, -0.25) is 0 Å². The predicted octanol–water partition coefficient (Wildman–Crippen LogP) is 14.8. The van der Waals surface area contributed by atoms with Gasteiger partial charge in [0.2, 0.25) is 0 Å². The predicted molar refractivity (Wildman–Crippen MR) is 287 cm³/mol. The number of rotatable bonds is 40. The fourth-order valence-corrected chi connectivity index (χ4v) is 17.9. The molecule has 0 aromatic heterocycles. The van der Waals surface area contributed by atoms with E-state index in [1.807, 2.05) is 0 Å². The smallest absolute Gasteiger partial charge is 0.793 e. The topological polar surface area (TPSA) is 129 Å². The van der Waals surface area contributed by atoms with Crippen molar-refractivity contribution in [1.29, 1.82) is 0 Å². The summed E-state index contributed by atoms with van der Waals surface area (Å²) in [5, 5.41) is 0. The fourth-order valence-electron chi connectivity index (χ4n) is 4.38. The van der Waals surface area contributed by atoms with Gasteiger partial charge in [0.1, 0.15) is 0 Å². The van der Waals surface area contributed by atoms with Crippen molar-refractivity contribution >= 4 is 116 Å². The average Bonchev–Trinajstić information content (AvgIpc) is 3.20. The second kappa shape index (κ2) is 55.3. The van der Waals surface area contributed by atoms with Crippen LogP contribution in [0.25, 0.3) is 0 Å². The first kappa shape index (κ1) is 74.3. The Balaban J connectivity index is -0.000000227. The van der Waals surface area contributed by atoms with Gasteiger partial charge in [0, 0.05) is 22.8 Å². The van der Waals surface area contributed by atoms with Crippen LogP contribution in [0, 0.1) is 0 Å². The molecule has 0 bridgehead atoms. The van der Waals surface area contributed by atoms with E-state index in [9.17, 15) is 19.6 Å². The average molecular weight is 1170 g/mol. The molecule has 0 saturated heterocycles. The van der Waals surface area contributed by atoms with Gasteiger partial charge < -0.3 is 37.7 Å². The van der Waals surface area contributed by atoms with Gasteiger partial charge in [0.15, 0.2) is 0 Å². The van der Waals surface area contributed by atoms with E-state index in [0.717, 1.165) is 126 Å². The van der Waals surface area contributed by atoms with E-state index in [-0.39, 0.29) is 21.1 Å². The molecule has 0 spiro atoms. The Kier molecular flexibility index (Phi) is 67.4. The van der Waals surface area contributed by atoms with E-state index in [0.29, 0.717) is 26.4 Å². The summed E-state index contributed by atoms with van der Waals surface area (Å²) in [6, 6.07) is 0. The van der Waals surface area contributed by atoms with Crippen molar-refractivity contribution in [2.45, 2.75) is 209 Å². The van der Waals surface area contributed by atoms with E-state index in [1.54, 1.807) is 0 Å². The first-order valence-electron chi connectivity index (χ1n) is 22.9. The van der Waals surface area contributed by atoms with E-state index in [4.69, 9.17) is 65.3 Å². The molecule has 21 heteroatoms. The third kappa shape index (κ3) is 68.7. The minimum absolute atomic E-state index is 0. The largest absolute Gasteiger partial charge is 4.00 e. The van der Waals surface area contributed by atoms with Crippen LogP contribution < -0.4 is 19.6 Å². The van der Waals surface area contributed by atoms with Crippen LogP contribution in [0.5, 0.6) is 0 Å². The van der Waals surface area contributed by atoms with Crippen molar-refractivity contribution in [2.75, 3.05) is 49.4 Å². The molecule has 0 amide bonds. The second-order valence-electron chi connectivity index (χ2n) is 14.1. The summed E-state index contributed by atoms with van der Waals surface area (Å²) in [5.41, 5.74) is -11.1. The van der Waals surface area contributed by atoms with E-state index in [1.165, 1.54) is 96.9 Å². The molecule has 0 N–H and O–H groups in total. The molecule has 61 heavy (non-hydrogen) atoms. The third-order valence-electron chi connectivity index (χ3n) is 7.98. The Labute approximate surface area is 429 Å². The zero-order valence-corrected chi connectivity index (χ0v) is 51.5. The Hall–Kier alpha value is 4.37. The Bertz CT molecular complexity index is 856. The molecule has 370 valence electrons.